The van der Waals surface area contributed by atoms with E-state index in [1.54, 1.807) is 14.0 Å². The van der Waals surface area contributed by atoms with Gasteiger partial charge in [-0.2, -0.15) is 5.10 Å². The molecule has 0 unspecified atom stereocenters. The molecule has 1 fully saturated rings. The number of carbonyl (C=O) groups excluding carboxylic acids is 1. The molecule has 1 aromatic heterocycles. The normalized spacial score (nSPS) is 15.5. The van der Waals surface area contributed by atoms with Crippen molar-refractivity contribution < 1.29 is 23.0 Å². The number of likely N-dealkylation sites (tertiary alicyclic amines) is 1. The van der Waals surface area contributed by atoms with Gasteiger partial charge in [0.2, 0.25) is 0 Å². The Morgan fingerprint density at radius 1 is 1.23 bits per heavy atom. The van der Waals surface area contributed by atoms with Crippen molar-refractivity contribution in [1.82, 2.24) is 14.7 Å². The van der Waals surface area contributed by atoms with Gasteiger partial charge in [-0.15, -0.1) is 0 Å². The van der Waals surface area contributed by atoms with E-state index in [4.69, 9.17) is 9.47 Å². The van der Waals surface area contributed by atoms with Crippen LogP contribution in [0, 0.1) is 5.92 Å². The molecule has 0 amide bonds. The summed E-state index contributed by atoms with van der Waals surface area (Å²) in [6, 6.07) is 8.15. The Morgan fingerprint density at radius 2 is 1.93 bits per heavy atom. The van der Waals surface area contributed by atoms with Crippen molar-refractivity contribution >= 4 is 5.97 Å². The molecule has 0 atom stereocenters. The van der Waals surface area contributed by atoms with Crippen molar-refractivity contribution in [3.63, 3.8) is 0 Å². The average Bonchev–Trinajstić information content (AvgIpc) is 3.18. The highest BCUT2D eigenvalue weighted by Crippen LogP contribution is 2.26. The number of piperidine rings is 1. The van der Waals surface area contributed by atoms with Gasteiger partial charge in [0, 0.05) is 13.1 Å². The van der Waals surface area contributed by atoms with Crippen LogP contribution in [0.1, 0.15) is 54.2 Å². The lowest BCUT2D eigenvalue weighted by atomic mass is 9.90. The topological polar surface area (TPSA) is 56.6 Å². The summed E-state index contributed by atoms with van der Waals surface area (Å²) in [6.07, 6.45) is 2.57. The van der Waals surface area contributed by atoms with E-state index in [1.807, 2.05) is 12.1 Å². The Labute approximate surface area is 175 Å². The lowest BCUT2D eigenvalue weighted by Crippen LogP contribution is -2.36. The third-order valence-corrected chi connectivity index (χ3v) is 5.62. The second-order valence-electron chi connectivity index (χ2n) is 7.55. The minimum absolute atomic E-state index is 0.136. The molecule has 1 saturated heterocycles. The average molecular weight is 421 g/mol. The van der Waals surface area contributed by atoms with Gasteiger partial charge in [0.15, 0.2) is 0 Å². The maximum Gasteiger partial charge on any atom is 0.341 e. The highest BCUT2D eigenvalue weighted by molar-refractivity contribution is 5.90. The van der Waals surface area contributed by atoms with Crippen LogP contribution in [0.2, 0.25) is 0 Å². The van der Waals surface area contributed by atoms with E-state index in [-0.39, 0.29) is 24.5 Å². The molecule has 0 aliphatic carbocycles. The van der Waals surface area contributed by atoms with Gasteiger partial charge in [-0.05, 0) is 56.2 Å². The van der Waals surface area contributed by atoms with Gasteiger partial charge in [0.1, 0.15) is 17.0 Å². The van der Waals surface area contributed by atoms with Gasteiger partial charge >= 0.3 is 5.97 Å². The van der Waals surface area contributed by atoms with Crippen molar-refractivity contribution in [1.29, 1.82) is 0 Å². The number of aromatic nitrogens is 2. The van der Waals surface area contributed by atoms with Gasteiger partial charge in [-0.1, -0.05) is 12.1 Å². The standard InChI is InChI=1S/C22H29F2N3O3/c1-3-30-22(28)19-14-25-27(20(19)21(23)24)15-26-12-10-17(11-13-26)5-4-16-6-8-18(29-2)9-7-16/h6-9,14,17,21H,3-5,10-13,15H2,1-2H3. The van der Waals surface area contributed by atoms with E-state index in [0.29, 0.717) is 5.92 Å². The van der Waals surface area contributed by atoms with Gasteiger partial charge in [0.05, 0.1) is 26.6 Å². The summed E-state index contributed by atoms with van der Waals surface area (Å²) in [7, 11) is 1.66. The summed E-state index contributed by atoms with van der Waals surface area (Å²) in [4.78, 5) is 14.0. The van der Waals surface area contributed by atoms with Crippen molar-refractivity contribution in [3.05, 3.63) is 47.3 Å². The van der Waals surface area contributed by atoms with Crippen LogP contribution in [-0.4, -0.2) is 47.5 Å². The molecular formula is C22H29F2N3O3. The largest absolute Gasteiger partial charge is 0.497 e. The summed E-state index contributed by atoms with van der Waals surface area (Å²) in [5.74, 6) is 0.724. The molecule has 6 nitrogen and oxygen atoms in total. The van der Waals surface area contributed by atoms with Crippen LogP contribution in [0.3, 0.4) is 0 Å². The number of benzene rings is 1. The second-order valence-corrected chi connectivity index (χ2v) is 7.55. The fourth-order valence-electron chi connectivity index (χ4n) is 3.87. The summed E-state index contributed by atoms with van der Waals surface area (Å²) in [5, 5.41) is 4.03. The zero-order valence-electron chi connectivity index (χ0n) is 17.5. The summed E-state index contributed by atoms with van der Waals surface area (Å²) >= 11 is 0. The highest BCUT2D eigenvalue weighted by Gasteiger charge is 2.27. The summed E-state index contributed by atoms with van der Waals surface area (Å²) in [5.41, 5.74) is 0.777. The van der Waals surface area contributed by atoms with E-state index in [2.05, 4.69) is 22.1 Å². The molecule has 30 heavy (non-hydrogen) atoms. The summed E-state index contributed by atoms with van der Waals surface area (Å²) < 4.78 is 38.4. The molecule has 0 spiro atoms. The van der Waals surface area contributed by atoms with E-state index < -0.39 is 12.4 Å². The number of aryl methyl sites for hydroxylation is 1. The molecule has 0 bridgehead atoms. The number of hydrogen-bond acceptors (Lipinski definition) is 5. The van der Waals surface area contributed by atoms with Crippen LogP contribution < -0.4 is 4.74 Å². The molecule has 3 rings (SSSR count). The lowest BCUT2D eigenvalue weighted by Gasteiger charge is -2.32. The van der Waals surface area contributed by atoms with Crippen LogP contribution in [0.25, 0.3) is 0 Å². The van der Waals surface area contributed by atoms with Crippen LogP contribution in [0.4, 0.5) is 8.78 Å². The number of alkyl halides is 2. The van der Waals surface area contributed by atoms with Crippen LogP contribution >= 0.6 is 0 Å². The minimum atomic E-state index is -2.78. The first kappa shape index (κ1) is 22.2. The Morgan fingerprint density at radius 3 is 2.53 bits per heavy atom. The zero-order chi connectivity index (χ0) is 21.5. The smallest absolute Gasteiger partial charge is 0.341 e. The van der Waals surface area contributed by atoms with Gasteiger partial charge in [-0.3, -0.25) is 4.90 Å². The van der Waals surface area contributed by atoms with Crippen molar-refractivity contribution in [2.45, 2.75) is 45.7 Å². The SMILES string of the molecule is CCOC(=O)c1cnn(CN2CCC(CCc3ccc(OC)cc3)CC2)c1C(F)F. The molecule has 1 aliphatic heterocycles. The Balaban J connectivity index is 1.51. The van der Waals surface area contributed by atoms with Gasteiger partial charge in [-0.25, -0.2) is 18.3 Å². The van der Waals surface area contributed by atoms with Crippen LogP contribution in [-0.2, 0) is 17.8 Å². The van der Waals surface area contributed by atoms with Crippen LogP contribution in [0.5, 0.6) is 5.75 Å². The monoisotopic (exact) mass is 421 g/mol. The fourth-order valence-corrected chi connectivity index (χ4v) is 3.87. The number of nitrogens with zero attached hydrogens (tertiary/aromatic N) is 3. The quantitative estimate of drug-likeness (QED) is 0.565. The Kier molecular flexibility index (Phi) is 7.79. The molecule has 8 heteroatoms. The minimum Gasteiger partial charge on any atom is -0.497 e. The number of ether oxygens (including phenoxy) is 2. The van der Waals surface area contributed by atoms with E-state index in [1.165, 1.54) is 16.4 Å². The number of hydrogen-bond donors (Lipinski definition) is 0. The first-order valence-electron chi connectivity index (χ1n) is 10.4. The van der Waals surface area contributed by atoms with Crippen molar-refractivity contribution in [2.75, 3.05) is 26.8 Å². The lowest BCUT2D eigenvalue weighted by molar-refractivity contribution is 0.0510. The Bertz CT molecular complexity index is 816. The molecule has 0 radical (unpaired) electrons. The maximum absolute atomic E-state index is 13.6. The Hall–Kier alpha value is -2.48. The molecule has 0 saturated carbocycles. The molecule has 1 aliphatic rings. The predicted molar refractivity (Wildman–Crippen MR) is 109 cm³/mol. The molecular weight excluding hydrogens is 392 g/mol. The van der Waals surface area contributed by atoms with E-state index >= 15 is 0 Å². The molecule has 1 aromatic carbocycles. The first-order chi connectivity index (χ1) is 14.5. The number of halogens is 2. The van der Waals surface area contributed by atoms with Crippen LogP contribution in [0.15, 0.2) is 30.5 Å². The number of esters is 1. The molecule has 0 N–H and O–H groups in total. The third kappa shape index (κ3) is 5.56. The number of carbonyl (C=O) groups is 1. The highest BCUT2D eigenvalue weighted by atomic mass is 19.3. The summed E-state index contributed by atoms with van der Waals surface area (Å²) in [6.45, 7) is 3.68. The number of rotatable bonds is 9. The molecule has 2 heterocycles. The first-order valence-corrected chi connectivity index (χ1v) is 10.4. The van der Waals surface area contributed by atoms with E-state index in [0.717, 1.165) is 44.5 Å². The number of methoxy groups -OCH3 is 1. The van der Waals surface area contributed by atoms with Crippen molar-refractivity contribution in [3.8, 4) is 5.75 Å². The molecule has 2 aromatic rings. The second kappa shape index (κ2) is 10.5. The zero-order valence-corrected chi connectivity index (χ0v) is 17.5. The maximum atomic E-state index is 13.6. The fraction of sp³-hybridized carbons (Fsp3) is 0.545. The third-order valence-electron chi connectivity index (χ3n) is 5.62. The van der Waals surface area contributed by atoms with Gasteiger partial charge < -0.3 is 9.47 Å². The van der Waals surface area contributed by atoms with Crippen molar-refractivity contribution in [2.24, 2.45) is 5.92 Å². The van der Waals surface area contributed by atoms with Gasteiger partial charge in [0.25, 0.3) is 6.43 Å². The predicted octanol–water partition coefficient (Wildman–Crippen LogP) is 4.31. The van der Waals surface area contributed by atoms with E-state index in [9.17, 15) is 13.6 Å². The molecule has 164 valence electrons.